The molecular weight excluding hydrogens is 398 g/mol. The summed E-state index contributed by atoms with van der Waals surface area (Å²) in [6.07, 6.45) is 6.09. The number of nitrogens with zero attached hydrogens (tertiary/aromatic N) is 2. The molecule has 9 heteroatoms. The number of aldehydes is 1. The van der Waals surface area contributed by atoms with Gasteiger partial charge in [0.15, 0.2) is 0 Å². The molecule has 0 radical (unpaired) electrons. The maximum atomic E-state index is 12.5. The van der Waals surface area contributed by atoms with Crippen molar-refractivity contribution in [3.63, 3.8) is 0 Å². The number of hydrogen-bond acceptors (Lipinski definition) is 8. The third-order valence-corrected chi connectivity index (χ3v) is 4.38. The van der Waals surface area contributed by atoms with Gasteiger partial charge in [0, 0.05) is 30.9 Å². The Hall–Kier alpha value is -3.75. The van der Waals surface area contributed by atoms with E-state index in [0.29, 0.717) is 5.69 Å². The van der Waals surface area contributed by atoms with Crippen LogP contribution >= 0.6 is 0 Å². The molecule has 2 unspecified atom stereocenters. The molecule has 0 saturated heterocycles. The van der Waals surface area contributed by atoms with Crippen LogP contribution in [0.4, 0.5) is 5.69 Å². The molecule has 0 fully saturated rings. The quantitative estimate of drug-likeness (QED) is 0.154. The van der Waals surface area contributed by atoms with Crippen LogP contribution in [0.5, 0.6) is 0 Å². The second-order valence-corrected chi connectivity index (χ2v) is 6.77. The number of hydrogen-bond donors (Lipinski definition) is 3. The van der Waals surface area contributed by atoms with Gasteiger partial charge in [-0.3, -0.25) is 9.78 Å². The normalized spacial score (nSPS) is 12.7. The van der Waals surface area contributed by atoms with Gasteiger partial charge >= 0.3 is 5.97 Å². The molecule has 0 aliphatic rings. The number of pyridine rings is 1. The standard InChI is InChI=1S/C22H27N5O4/c1-2-31-22(30)20(12-17-6-4-10-24-13-17)27-21(29)9-8-19(15-28)26-18-7-3-5-16(11-18)14-25-23/h3-7,10-11,13-15,19-20,26H,2,8-9,12,23H2,1H3,(H,27,29). The largest absolute Gasteiger partial charge is 0.464 e. The lowest BCUT2D eigenvalue weighted by Crippen LogP contribution is -2.43. The zero-order valence-electron chi connectivity index (χ0n) is 17.4. The summed E-state index contributed by atoms with van der Waals surface area (Å²) in [5, 5.41) is 9.25. The van der Waals surface area contributed by atoms with Crippen molar-refractivity contribution in [3.05, 3.63) is 59.9 Å². The first kappa shape index (κ1) is 23.5. The lowest BCUT2D eigenvalue weighted by atomic mass is 10.1. The van der Waals surface area contributed by atoms with Crippen molar-refractivity contribution < 1.29 is 19.1 Å². The monoisotopic (exact) mass is 425 g/mol. The molecule has 0 bridgehead atoms. The van der Waals surface area contributed by atoms with Gasteiger partial charge < -0.3 is 26.0 Å². The number of nitrogens with one attached hydrogen (secondary N) is 2. The van der Waals surface area contributed by atoms with Crippen LogP contribution in [0.25, 0.3) is 0 Å². The number of aromatic nitrogens is 1. The zero-order valence-corrected chi connectivity index (χ0v) is 17.4. The van der Waals surface area contributed by atoms with E-state index in [1.54, 1.807) is 43.6 Å². The molecule has 1 aromatic heterocycles. The van der Waals surface area contributed by atoms with Crippen LogP contribution in [0, 0.1) is 0 Å². The van der Waals surface area contributed by atoms with Crippen molar-refractivity contribution in [2.75, 3.05) is 11.9 Å². The van der Waals surface area contributed by atoms with Crippen molar-refractivity contribution in [2.45, 2.75) is 38.3 Å². The van der Waals surface area contributed by atoms with E-state index in [9.17, 15) is 14.4 Å². The Balaban J connectivity index is 1.93. The number of benzene rings is 1. The van der Waals surface area contributed by atoms with E-state index in [2.05, 4.69) is 20.7 Å². The van der Waals surface area contributed by atoms with E-state index in [1.165, 1.54) is 6.21 Å². The SMILES string of the molecule is CCOC(=O)C(Cc1cccnc1)NC(=O)CCC(C=O)Nc1cccc(C=NN)c1. The second-order valence-electron chi connectivity index (χ2n) is 6.77. The Bertz CT molecular complexity index is 888. The summed E-state index contributed by atoms with van der Waals surface area (Å²) in [6.45, 7) is 1.92. The first-order valence-electron chi connectivity index (χ1n) is 9.95. The molecule has 2 atom stereocenters. The highest BCUT2D eigenvalue weighted by Crippen LogP contribution is 2.12. The Morgan fingerprint density at radius 1 is 1.29 bits per heavy atom. The minimum atomic E-state index is -0.827. The van der Waals surface area contributed by atoms with Gasteiger partial charge in [0.1, 0.15) is 12.3 Å². The number of anilines is 1. The minimum absolute atomic E-state index is 0.0588. The van der Waals surface area contributed by atoms with E-state index < -0.39 is 18.1 Å². The van der Waals surface area contributed by atoms with Gasteiger partial charge in [-0.25, -0.2) is 4.79 Å². The maximum absolute atomic E-state index is 12.5. The molecule has 0 aliphatic heterocycles. The minimum Gasteiger partial charge on any atom is -0.464 e. The number of carbonyl (C=O) groups excluding carboxylic acids is 3. The smallest absolute Gasteiger partial charge is 0.328 e. The highest BCUT2D eigenvalue weighted by Gasteiger charge is 2.23. The lowest BCUT2D eigenvalue weighted by molar-refractivity contribution is -0.147. The van der Waals surface area contributed by atoms with Crippen LogP contribution in [-0.2, 0) is 25.5 Å². The summed E-state index contributed by atoms with van der Waals surface area (Å²) in [6, 6.07) is 9.39. The average molecular weight is 425 g/mol. The van der Waals surface area contributed by atoms with Crippen LogP contribution in [0.15, 0.2) is 53.9 Å². The summed E-state index contributed by atoms with van der Waals surface area (Å²) in [7, 11) is 0. The van der Waals surface area contributed by atoms with Crippen LogP contribution in [-0.4, -0.2) is 48.1 Å². The van der Waals surface area contributed by atoms with E-state index >= 15 is 0 Å². The number of ether oxygens (including phenoxy) is 1. The summed E-state index contributed by atoms with van der Waals surface area (Å²) in [4.78, 5) is 40.2. The van der Waals surface area contributed by atoms with E-state index in [1.807, 2.05) is 12.1 Å². The summed E-state index contributed by atoms with van der Waals surface area (Å²) in [5.74, 6) is 4.30. The summed E-state index contributed by atoms with van der Waals surface area (Å²) in [5.41, 5.74) is 2.28. The molecule has 2 aromatic rings. The van der Waals surface area contributed by atoms with Crippen LogP contribution in [0.3, 0.4) is 0 Å². The summed E-state index contributed by atoms with van der Waals surface area (Å²) < 4.78 is 5.07. The third-order valence-electron chi connectivity index (χ3n) is 4.38. The molecule has 164 valence electrons. The second kappa shape index (κ2) is 12.7. The predicted octanol–water partition coefficient (Wildman–Crippen LogP) is 1.42. The first-order chi connectivity index (χ1) is 15.0. The fraction of sp³-hybridized carbons (Fsp3) is 0.318. The van der Waals surface area contributed by atoms with Crippen molar-refractivity contribution in [3.8, 4) is 0 Å². The van der Waals surface area contributed by atoms with E-state index in [0.717, 1.165) is 17.4 Å². The Labute approximate surface area is 181 Å². The van der Waals surface area contributed by atoms with Gasteiger partial charge in [0.25, 0.3) is 0 Å². The first-order valence-corrected chi connectivity index (χ1v) is 9.95. The van der Waals surface area contributed by atoms with Crippen molar-refractivity contribution >= 4 is 30.1 Å². The number of carbonyl (C=O) groups is 3. The van der Waals surface area contributed by atoms with Crippen molar-refractivity contribution in [1.29, 1.82) is 0 Å². The molecule has 1 amide bonds. The van der Waals surface area contributed by atoms with Crippen molar-refractivity contribution in [2.24, 2.45) is 10.9 Å². The van der Waals surface area contributed by atoms with Gasteiger partial charge in [-0.15, -0.1) is 0 Å². The number of hydrazone groups is 1. The third kappa shape index (κ3) is 8.25. The van der Waals surface area contributed by atoms with E-state index in [-0.39, 0.29) is 31.8 Å². The lowest BCUT2D eigenvalue weighted by Gasteiger charge is -2.18. The fourth-order valence-corrected chi connectivity index (χ4v) is 2.93. The molecule has 0 aliphatic carbocycles. The Kier molecular flexibility index (Phi) is 9.67. The van der Waals surface area contributed by atoms with Gasteiger partial charge in [0.2, 0.25) is 5.91 Å². The van der Waals surface area contributed by atoms with E-state index in [4.69, 9.17) is 10.6 Å². The van der Waals surface area contributed by atoms with Gasteiger partial charge in [-0.1, -0.05) is 18.2 Å². The van der Waals surface area contributed by atoms with Crippen molar-refractivity contribution in [1.82, 2.24) is 10.3 Å². The van der Waals surface area contributed by atoms with Gasteiger partial charge in [0.05, 0.1) is 18.9 Å². The average Bonchev–Trinajstić information content (AvgIpc) is 2.77. The molecule has 9 nitrogen and oxygen atoms in total. The van der Waals surface area contributed by atoms with Gasteiger partial charge in [-0.2, -0.15) is 5.10 Å². The molecule has 31 heavy (non-hydrogen) atoms. The molecule has 0 spiro atoms. The molecule has 2 rings (SSSR count). The highest BCUT2D eigenvalue weighted by atomic mass is 16.5. The molecule has 1 heterocycles. The molecule has 1 aromatic carbocycles. The molecular formula is C22H27N5O4. The fourth-order valence-electron chi connectivity index (χ4n) is 2.93. The van der Waals surface area contributed by atoms with Gasteiger partial charge in [-0.05, 0) is 42.7 Å². The maximum Gasteiger partial charge on any atom is 0.328 e. The Morgan fingerprint density at radius 2 is 2.13 bits per heavy atom. The Morgan fingerprint density at radius 3 is 2.81 bits per heavy atom. The zero-order chi connectivity index (χ0) is 22.5. The van der Waals surface area contributed by atoms with Crippen LogP contribution in [0.2, 0.25) is 0 Å². The molecule has 4 N–H and O–H groups in total. The number of amides is 1. The number of nitrogens with two attached hydrogens (primary N) is 1. The number of esters is 1. The molecule has 0 saturated carbocycles. The topological polar surface area (TPSA) is 136 Å². The predicted molar refractivity (Wildman–Crippen MR) is 117 cm³/mol. The number of rotatable bonds is 12. The summed E-state index contributed by atoms with van der Waals surface area (Å²) >= 11 is 0. The highest BCUT2D eigenvalue weighted by molar-refractivity contribution is 5.85. The van der Waals surface area contributed by atoms with Crippen LogP contribution in [0.1, 0.15) is 30.9 Å². The van der Waals surface area contributed by atoms with Crippen LogP contribution < -0.4 is 16.5 Å².